The molecular weight excluding hydrogens is 166 g/mol. The predicted octanol–water partition coefficient (Wildman–Crippen LogP) is -0.00710. The molecule has 0 aliphatic carbocycles. The highest BCUT2D eigenvalue weighted by molar-refractivity contribution is 5.30. The van der Waals surface area contributed by atoms with Crippen LogP contribution in [0.1, 0.15) is 13.3 Å². The number of aromatic amines is 1. The van der Waals surface area contributed by atoms with Gasteiger partial charge in [-0.25, -0.2) is 5.10 Å². The third-order valence-electron chi connectivity index (χ3n) is 2.50. The molecule has 1 saturated heterocycles. The van der Waals surface area contributed by atoms with Crippen LogP contribution in [0, 0.1) is 0 Å². The Morgan fingerprint density at radius 1 is 1.69 bits per heavy atom. The van der Waals surface area contributed by atoms with Crippen LogP contribution in [0.15, 0.2) is 6.33 Å². The first-order valence-electron chi connectivity index (χ1n) is 4.74. The predicted molar refractivity (Wildman–Crippen MR) is 50.7 cm³/mol. The molecule has 0 saturated carbocycles. The molecule has 2 heterocycles. The molecule has 1 aromatic rings. The third-order valence-corrected chi connectivity index (χ3v) is 2.50. The molecule has 1 aliphatic heterocycles. The molecule has 5 heteroatoms. The molecule has 72 valence electrons. The molecule has 1 aromatic heterocycles. The molecule has 0 aromatic carbocycles. The van der Waals surface area contributed by atoms with Crippen molar-refractivity contribution in [2.24, 2.45) is 0 Å². The zero-order chi connectivity index (χ0) is 9.10. The van der Waals surface area contributed by atoms with E-state index < -0.39 is 0 Å². The first-order valence-corrected chi connectivity index (χ1v) is 4.74. The molecule has 13 heavy (non-hydrogen) atoms. The van der Waals surface area contributed by atoms with E-state index in [1.165, 1.54) is 0 Å². The number of aromatic nitrogens is 3. The zero-order valence-electron chi connectivity index (χ0n) is 7.82. The van der Waals surface area contributed by atoms with E-state index in [1.54, 1.807) is 6.33 Å². The molecule has 5 nitrogen and oxygen atoms in total. The Morgan fingerprint density at radius 3 is 3.31 bits per heavy atom. The van der Waals surface area contributed by atoms with Crippen molar-refractivity contribution in [3.63, 3.8) is 0 Å². The lowest BCUT2D eigenvalue weighted by atomic mass is 10.1. The maximum atomic E-state index is 4.17. The van der Waals surface area contributed by atoms with Crippen molar-refractivity contribution >= 4 is 5.95 Å². The second-order valence-corrected chi connectivity index (χ2v) is 3.27. The summed E-state index contributed by atoms with van der Waals surface area (Å²) < 4.78 is 0. The molecule has 2 rings (SSSR count). The van der Waals surface area contributed by atoms with Gasteiger partial charge in [-0.15, -0.1) is 0 Å². The quantitative estimate of drug-likeness (QED) is 0.674. The molecule has 0 amide bonds. The van der Waals surface area contributed by atoms with E-state index >= 15 is 0 Å². The first-order chi connectivity index (χ1) is 6.42. The smallest absolute Gasteiger partial charge is 0.221 e. The lowest BCUT2D eigenvalue weighted by Gasteiger charge is -2.35. The largest absolute Gasteiger partial charge is 0.336 e. The van der Waals surface area contributed by atoms with Crippen LogP contribution in [0.4, 0.5) is 5.95 Å². The lowest BCUT2D eigenvalue weighted by Crippen LogP contribution is -2.51. The standard InChI is InChI=1S/C8H15N5/c1-2-7-5-9-3-4-13(7)8-10-6-11-12-8/h6-7,9H,2-5H2,1H3,(H,10,11,12). The number of nitrogens with one attached hydrogen (secondary N) is 2. The second kappa shape index (κ2) is 3.74. The summed E-state index contributed by atoms with van der Waals surface area (Å²) in [5.74, 6) is 0.897. The monoisotopic (exact) mass is 181 g/mol. The van der Waals surface area contributed by atoms with Crippen LogP contribution in [0.25, 0.3) is 0 Å². The summed E-state index contributed by atoms with van der Waals surface area (Å²) in [5.41, 5.74) is 0. The van der Waals surface area contributed by atoms with Crippen molar-refractivity contribution in [2.45, 2.75) is 19.4 Å². The van der Waals surface area contributed by atoms with E-state index in [1.807, 2.05) is 0 Å². The highest BCUT2D eigenvalue weighted by atomic mass is 15.4. The summed E-state index contributed by atoms with van der Waals surface area (Å²) in [6.45, 7) is 5.27. The number of hydrogen-bond acceptors (Lipinski definition) is 4. The van der Waals surface area contributed by atoms with Gasteiger partial charge in [0.05, 0.1) is 0 Å². The fourth-order valence-electron chi connectivity index (χ4n) is 1.74. The SMILES string of the molecule is CCC1CNCCN1c1ncn[nH]1. The number of piperazine rings is 1. The molecule has 0 radical (unpaired) electrons. The molecule has 2 N–H and O–H groups in total. The van der Waals surface area contributed by atoms with Crippen LogP contribution in [0.5, 0.6) is 0 Å². The molecular formula is C8H15N5. The van der Waals surface area contributed by atoms with E-state index in [0.29, 0.717) is 6.04 Å². The van der Waals surface area contributed by atoms with E-state index in [4.69, 9.17) is 0 Å². The van der Waals surface area contributed by atoms with Gasteiger partial charge in [0.15, 0.2) is 0 Å². The topological polar surface area (TPSA) is 56.8 Å². The summed E-state index contributed by atoms with van der Waals surface area (Å²) in [7, 11) is 0. The zero-order valence-corrected chi connectivity index (χ0v) is 7.82. The van der Waals surface area contributed by atoms with Gasteiger partial charge >= 0.3 is 0 Å². The van der Waals surface area contributed by atoms with Crippen LogP contribution in [0.3, 0.4) is 0 Å². The normalized spacial score (nSPS) is 23.5. The van der Waals surface area contributed by atoms with E-state index in [-0.39, 0.29) is 0 Å². The minimum Gasteiger partial charge on any atom is -0.336 e. The Labute approximate surface area is 77.5 Å². The maximum absolute atomic E-state index is 4.17. The van der Waals surface area contributed by atoms with Crippen molar-refractivity contribution in [3.8, 4) is 0 Å². The average Bonchev–Trinajstić information content (AvgIpc) is 2.70. The molecule has 1 aliphatic rings. The van der Waals surface area contributed by atoms with Gasteiger partial charge in [0.25, 0.3) is 0 Å². The van der Waals surface area contributed by atoms with Gasteiger partial charge in [0.1, 0.15) is 6.33 Å². The molecule has 1 unspecified atom stereocenters. The van der Waals surface area contributed by atoms with Crippen molar-refractivity contribution in [3.05, 3.63) is 6.33 Å². The van der Waals surface area contributed by atoms with Crippen molar-refractivity contribution in [1.29, 1.82) is 0 Å². The van der Waals surface area contributed by atoms with Crippen molar-refractivity contribution < 1.29 is 0 Å². The summed E-state index contributed by atoms with van der Waals surface area (Å²) in [4.78, 5) is 6.45. The van der Waals surface area contributed by atoms with Crippen LogP contribution < -0.4 is 10.2 Å². The summed E-state index contributed by atoms with van der Waals surface area (Å²) in [5, 5.41) is 10.2. The highest BCUT2D eigenvalue weighted by Gasteiger charge is 2.22. The van der Waals surface area contributed by atoms with Crippen molar-refractivity contribution in [1.82, 2.24) is 20.5 Å². The summed E-state index contributed by atoms with van der Waals surface area (Å²) >= 11 is 0. The summed E-state index contributed by atoms with van der Waals surface area (Å²) in [6, 6.07) is 0.543. The number of hydrogen-bond donors (Lipinski definition) is 2. The Hall–Kier alpha value is -1.10. The Morgan fingerprint density at radius 2 is 2.62 bits per heavy atom. The highest BCUT2D eigenvalue weighted by Crippen LogP contribution is 2.13. The number of rotatable bonds is 2. The Bertz CT molecular complexity index is 245. The van der Waals surface area contributed by atoms with Gasteiger partial charge < -0.3 is 10.2 Å². The van der Waals surface area contributed by atoms with Gasteiger partial charge in [-0.1, -0.05) is 6.92 Å². The lowest BCUT2D eigenvalue weighted by molar-refractivity contribution is 0.460. The van der Waals surface area contributed by atoms with Gasteiger partial charge in [0.2, 0.25) is 5.95 Å². The Kier molecular flexibility index (Phi) is 2.44. The maximum Gasteiger partial charge on any atom is 0.221 e. The van der Waals surface area contributed by atoms with Crippen LogP contribution in [-0.2, 0) is 0 Å². The molecule has 1 atom stereocenters. The van der Waals surface area contributed by atoms with Gasteiger partial charge in [0, 0.05) is 25.7 Å². The second-order valence-electron chi connectivity index (χ2n) is 3.27. The fourth-order valence-corrected chi connectivity index (χ4v) is 1.74. The van der Waals surface area contributed by atoms with Gasteiger partial charge in [-0.05, 0) is 6.42 Å². The summed E-state index contributed by atoms with van der Waals surface area (Å²) in [6.07, 6.45) is 2.69. The van der Waals surface area contributed by atoms with E-state index in [0.717, 1.165) is 32.0 Å². The number of nitrogens with zero attached hydrogens (tertiary/aromatic N) is 3. The van der Waals surface area contributed by atoms with Gasteiger partial charge in [-0.3, -0.25) is 0 Å². The minimum absolute atomic E-state index is 0.543. The fraction of sp³-hybridized carbons (Fsp3) is 0.750. The van der Waals surface area contributed by atoms with Crippen LogP contribution in [-0.4, -0.2) is 40.9 Å². The first kappa shape index (κ1) is 8.50. The van der Waals surface area contributed by atoms with Crippen LogP contribution in [0.2, 0.25) is 0 Å². The van der Waals surface area contributed by atoms with E-state index in [9.17, 15) is 0 Å². The Balaban J connectivity index is 2.11. The third kappa shape index (κ3) is 1.65. The van der Waals surface area contributed by atoms with Crippen molar-refractivity contribution in [2.75, 3.05) is 24.5 Å². The average molecular weight is 181 g/mol. The van der Waals surface area contributed by atoms with Gasteiger partial charge in [-0.2, -0.15) is 10.1 Å². The molecule has 1 fully saturated rings. The molecule has 0 bridgehead atoms. The van der Waals surface area contributed by atoms with E-state index in [2.05, 4.69) is 32.3 Å². The number of anilines is 1. The van der Waals surface area contributed by atoms with Crippen LogP contribution >= 0.6 is 0 Å². The minimum atomic E-state index is 0.543. The molecule has 0 spiro atoms. The number of H-pyrrole nitrogens is 1.